The third-order valence-corrected chi connectivity index (χ3v) is 4.18. The molecule has 21 heavy (non-hydrogen) atoms. The minimum absolute atomic E-state index is 0.0158. The van der Waals surface area contributed by atoms with Crippen LogP contribution in [0, 0.1) is 11.3 Å². The van der Waals surface area contributed by atoms with Crippen LogP contribution in [0.3, 0.4) is 0 Å². The molecule has 4 nitrogen and oxygen atoms in total. The van der Waals surface area contributed by atoms with Gasteiger partial charge in [-0.3, -0.25) is 9.69 Å². The number of nitriles is 1. The molecule has 0 atom stereocenters. The smallest absolute Gasteiger partial charge is 0.224 e. The van der Waals surface area contributed by atoms with Crippen molar-refractivity contribution in [3.8, 4) is 6.07 Å². The summed E-state index contributed by atoms with van der Waals surface area (Å²) in [7, 11) is 0. The topological polar surface area (TPSA) is 56.1 Å². The van der Waals surface area contributed by atoms with Gasteiger partial charge in [0.05, 0.1) is 11.6 Å². The van der Waals surface area contributed by atoms with E-state index in [9.17, 15) is 4.79 Å². The highest BCUT2D eigenvalue weighted by Gasteiger charge is 2.30. The van der Waals surface area contributed by atoms with E-state index in [0.29, 0.717) is 17.7 Å². The standard InChI is InChI=1S/C17H23N3O/c1-17(2)9-5-11-20(17)10-4-8-16(21)19-15-7-3-6-14(12-15)13-18/h3,6-7,12H,4-5,8-11H2,1-2H3,(H,19,21). The normalized spacial score (nSPS) is 17.4. The summed E-state index contributed by atoms with van der Waals surface area (Å²) in [5, 5.41) is 11.7. The number of carbonyl (C=O) groups is 1. The molecule has 1 aromatic rings. The predicted molar refractivity (Wildman–Crippen MR) is 83.9 cm³/mol. The highest BCUT2D eigenvalue weighted by Crippen LogP contribution is 2.28. The van der Waals surface area contributed by atoms with Crippen molar-refractivity contribution in [3.05, 3.63) is 29.8 Å². The summed E-state index contributed by atoms with van der Waals surface area (Å²) < 4.78 is 0. The lowest BCUT2D eigenvalue weighted by molar-refractivity contribution is -0.116. The van der Waals surface area contributed by atoms with Crippen molar-refractivity contribution in [1.29, 1.82) is 5.26 Å². The van der Waals surface area contributed by atoms with Crippen molar-refractivity contribution < 1.29 is 4.79 Å². The van der Waals surface area contributed by atoms with Crippen LogP contribution >= 0.6 is 0 Å². The Kier molecular flexibility index (Phi) is 4.98. The number of carbonyl (C=O) groups excluding carboxylic acids is 1. The summed E-state index contributed by atoms with van der Waals surface area (Å²) >= 11 is 0. The molecule has 0 spiro atoms. The maximum atomic E-state index is 11.9. The quantitative estimate of drug-likeness (QED) is 0.904. The van der Waals surface area contributed by atoms with Gasteiger partial charge < -0.3 is 5.32 Å². The summed E-state index contributed by atoms with van der Waals surface area (Å²) in [6, 6.07) is 9.08. The van der Waals surface area contributed by atoms with Crippen LogP contribution in [0.2, 0.25) is 0 Å². The number of amides is 1. The molecule has 0 saturated carbocycles. The Balaban J connectivity index is 1.76. The van der Waals surface area contributed by atoms with Crippen molar-refractivity contribution in [1.82, 2.24) is 4.90 Å². The molecular weight excluding hydrogens is 262 g/mol. The Morgan fingerprint density at radius 1 is 1.48 bits per heavy atom. The van der Waals surface area contributed by atoms with E-state index in [0.717, 1.165) is 19.5 Å². The number of rotatable bonds is 5. The molecule has 1 aliphatic heterocycles. The van der Waals surface area contributed by atoms with Crippen LogP contribution in [0.1, 0.15) is 45.1 Å². The second-order valence-corrected chi connectivity index (χ2v) is 6.25. The van der Waals surface area contributed by atoms with Crippen LogP contribution in [0.15, 0.2) is 24.3 Å². The van der Waals surface area contributed by atoms with Crippen molar-refractivity contribution in [3.63, 3.8) is 0 Å². The van der Waals surface area contributed by atoms with E-state index in [-0.39, 0.29) is 11.4 Å². The first-order chi connectivity index (χ1) is 10.0. The number of nitrogens with zero attached hydrogens (tertiary/aromatic N) is 2. The van der Waals surface area contributed by atoms with E-state index in [2.05, 4.69) is 30.1 Å². The molecular formula is C17H23N3O. The van der Waals surface area contributed by atoms with E-state index < -0.39 is 0 Å². The Hall–Kier alpha value is -1.86. The van der Waals surface area contributed by atoms with Crippen LogP contribution in [-0.2, 0) is 4.79 Å². The van der Waals surface area contributed by atoms with Gasteiger partial charge in [0, 0.05) is 17.6 Å². The van der Waals surface area contributed by atoms with Gasteiger partial charge in [-0.15, -0.1) is 0 Å². The molecule has 0 bridgehead atoms. The number of likely N-dealkylation sites (tertiary alicyclic amines) is 1. The van der Waals surface area contributed by atoms with E-state index in [4.69, 9.17) is 5.26 Å². The number of benzene rings is 1. The monoisotopic (exact) mass is 285 g/mol. The second kappa shape index (κ2) is 6.73. The number of hydrogen-bond donors (Lipinski definition) is 1. The number of nitrogens with one attached hydrogen (secondary N) is 1. The lowest BCUT2D eigenvalue weighted by atomic mass is 10.0. The van der Waals surface area contributed by atoms with Gasteiger partial charge in [0.25, 0.3) is 0 Å². The summed E-state index contributed by atoms with van der Waals surface area (Å²) in [6.07, 6.45) is 3.87. The highest BCUT2D eigenvalue weighted by molar-refractivity contribution is 5.90. The number of hydrogen-bond acceptors (Lipinski definition) is 3. The fourth-order valence-corrected chi connectivity index (χ4v) is 2.90. The molecule has 0 unspecified atom stereocenters. The van der Waals surface area contributed by atoms with Gasteiger partial charge in [0.15, 0.2) is 0 Å². The van der Waals surface area contributed by atoms with Crippen LogP contribution in [0.4, 0.5) is 5.69 Å². The largest absolute Gasteiger partial charge is 0.326 e. The molecule has 1 amide bonds. The highest BCUT2D eigenvalue weighted by atomic mass is 16.1. The Bertz CT molecular complexity index is 545. The Morgan fingerprint density at radius 3 is 2.95 bits per heavy atom. The fraction of sp³-hybridized carbons (Fsp3) is 0.529. The van der Waals surface area contributed by atoms with Crippen molar-refractivity contribution >= 4 is 11.6 Å². The molecule has 0 radical (unpaired) electrons. The van der Waals surface area contributed by atoms with Crippen molar-refractivity contribution in [2.75, 3.05) is 18.4 Å². The molecule has 1 aliphatic rings. The van der Waals surface area contributed by atoms with Crippen LogP contribution < -0.4 is 5.32 Å². The predicted octanol–water partition coefficient (Wildman–Crippen LogP) is 3.15. The van der Waals surface area contributed by atoms with E-state index in [1.165, 1.54) is 12.8 Å². The zero-order chi connectivity index (χ0) is 15.3. The number of anilines is 1. The molecule has 0 aromatic heterocycles. The third kappa shape index (κ3) is 4.30. The first-order valence-corrected chi connectivity index (χ1v) is 7.56. The van der Waals surface area contributed by atoms with Gasteiger partial charge in [0.1, 0.15) is 0 Å². The van der Waals surface area contributed by atoms with Gasteiger partial charge in [0.2, 0.25) is 5.91 Å². The van der Waals surface area contributed by atoms with Crippen LogP contribution in [-0.4, -0.2) is 29.4 Å². The summed E-state index contributed by atoms with van der Waals surface area (Å²) in [6.45, 7) is 6.65. The van der Waals surface area contributed by atoms with E-state index in [1.807, 2.05) is 6.07 Å². The lowest BCUT2D eigenvalue weighted by Gasteiger charge is -2.31. The molecule has 0 aliphatic carbocycles. The van der Waals surface area contributed by atoms with Crippen LogP contribution in [0.25, 0.3) is 0 Å². The van der Waals surface area contributed by atoms with Gasteiger partial charge >= 0.3 is 0 Å². The van der Waals surface area contributed by atoms with Crippen LogP contribution in [0.5, 0.6) is 0 Å². The molecule has 4 heteroatoms. The first-order valence-electron chi connectivity index (χ1n) is 7.56. The van der Waals surface area contributed by atoms with Gasteiger partial charge in [-0.05, 0) is 64.4 Å². The van der Waals surface area contributed by atoms with Crippen molar-refractivity contribution in [2.45, 2.75) is 45.1 Å². The van der Waals surface area contributed by atoms with E-state index >= 15 is 0 Å². The molecule has 1 heterocycles. The maximum Gasteiger partial charge on any atom is 0.224 e. The third-order valence-electron chi connectivity index (χ3n) is 4.18. The van der Waals surface area contributed by atoms with Gasteiger partial charge in [-0.25, -0.2) is 0 Å². The zero-order valence-electron chi connectivity index (χ0n) is 12.9. The van der Waals surface area contributed by atoms with Gasteiger partial charge in [-0.2, -0.15) is 5.26 Å². The lowest BCUT2D eigenvalue weighted by Crippen LogP contribution is -2.38. The van der Waals surface area contributed by atoms with Gasteiger partial charge in [-0.1, -0.05) is 6.07 Å². The molecule has 1 N–H and O–H groups in total. The molecule has 1 aromatic carbocycles. The molecule has 1 saturated heterocycles. The summed E-state index contributed by atoms with van der Waals surface area (Å²) in [4.78, 5) is 14.4. The Labute approximate surface area is 126 Å². The average Bonchev–Trinajstić information content (AvgIpc) is 2.78. The maximum absolute atomic E-state index is 11.9. The molecule has 1 fully saturated rings. The minimum atomic E-state index is 0.0158. The SMILES string of the molecule is CC1(C)CCCN1CCCC(=O)Nc1cccc(C#N)c1. The fourth-order valence-electron chi connectivity index (χ4n) is 2.90. The minimum Gasteiger partial charge on any atom is -0.326 e. The molecule has 112 valence electrons. The first kappa shape index (κ1) is 15.5. The average molecular weight is 285 g/mol. The van der Waals surface area contributed by atoms with Crippen molar-refractivity contribution in [2.24, 2.45) is 0 Å². The second-order valence-electron chi connectivity index (χ2n) is 6.25. The summed E-state index contributed by atoms with van der Waals surface area (Å²) in [5.74, 6) is 0.0158. The van der Waals surface area contributed by atoms with E-state index in [1.54, 1.807) is 18.2 Å². The summed E-state index contributed by atoms with van der Waals surface area (Å²) in [5.41, 5.74) is 1.53. The zero-order valence-corrected chi connectivity index (χ0v) is 12.9. The molecule has 2 rings (SSSR count). The Morgan fingerprint density at radius 2 is 2.29 bits per heavy atom.